The van der Waals surface area contributed by atoms with E-state index in [2.05, 4.69) is 20.9 Å². The molecule has 37 heavy (non-hydrogen) atoms. The predicted octanol–water partition coefficient (Wildman–Crippen LogP) is 3.97. The van der Waals surface area contributed by atoms with Crippen molar-refractivity contribution < 1.29 is 37.4 Å². The van der Waals surface area contributed by atoms with E-state index in [4.69, 9.17) is 4.74 Å². The third-order valence-corrected chi connectivity index (χ3v) is 5.58. The monoisotopic (exact) mass is 514 g/mol. The molecule has 12 heteroatoms. The van der Waals surface area contributed by atoms with Crippen molar-refractivity contribution in [3.63, 3.8) is 0 Å². The van der Waals surface area contributed by atoms with E-state index in [1.54, 1.807) is 0 Å². The summed E-state index contributed by atoms with van der Waals surface area (Å²) in [5.74, 6) is -5.18. The molecule has 0 spiro atoms. The summed E-state index contributed by atoms with van der Waals surface area (Å²) in [6.45, 7) is 1.26. The number of nitrogens with one attached hydrogen (secondary N) is 3. The zero-order chi connectivity index (χ0) is 26.7. The minimum Gasteiger partial charge on any atom is -0.454 e. The SMILES string of the molecule is CC(O)C(=O)Nc1cc(Oc2cc(F)c(NC(=O)C3(C(=O)Nc4ccc(F)cc4)CC3)cc2F)ccn1. The Hall–Kier alpha value is -4.45. The maximum Gasteiger partial charge on any atom is 0.254 e. The van der Waals surface area contributed by atoms with Gasteiger partial charge in [0.05, 0.1) is 5.69 Å². The van der Waals surface area contributed by atoms with Crippen LogP contribution in [0.3, 0.4) is 0 Å². The highest BCUT2D eigenvalue weighted by Crippen LogP contribution is 2.47. The van der Waals surface area contributed by atoms with Crippen LogP contribution in [0.25, 0.3) is 0 Å². The number of aliphatic hydroxyl groups excluding tert-OH is 1. The molecule has 2 aromatic carbocycles. The molecule has 3 amide bonds. The molecule has 1 atom stereocenters. The second-order valence-electron chi connectivity index (χ2n) is 8.40. The van der Waals surface area contributed by atoms with Crippen molar-refractivity contribution in [3.05, 3.63) is 72.2 Å². The van der Waals surface area contributed by atoms with Crippen LogP contribution in [0.5, 0.6) is 11.5 Å². The molecule has 1 fully saturated rings. The largest absolute Gasteiger partial charge is 0.454 e. The van der Waals surface area contributed by atoms with Crippen molar-refractivity contribution in [2.45, 2.75) is 25.9 Å². The summed E-state index contributed by atoms with van der Waals surface area (Å²) in [6.07, 6.45) is 0.367. The summed E-state index contributed by atoms with van der Waals surface area (Å²) < 4.78 is 47.9. The number of aliphatic hydroxyl groups is 1. The van der Waals surface area contributed by atoms with Crippen molar-refractivity contribution in [1.29, 1.82) is 0 Å². The summed E-state index contributed by atoms with van der Waals surface area (Å²) in [5.41, 5.74) is -1.67. The van der Waals surface area contributed by atoms with Gasteiger partial charge in [-0.2, -0.15) is 0 Å². The van der Waals surface area contributed by atoms with Crippen LogP contribution < -0.4 is 20.7 Å². The van der Waals surface area contributed by atoms with E-state index >= 15 is 0 Å². The first kappa shape index (κ1) is 25.6. The first-order valence-electron chi connectivity index (χ1n) is 11.1. The number of benzene rings is 2. The van der Waals surface area contributed by atoms with Crippen LogP contribution in [0.2, 0.25) is 0 Å². The van der Waals surface area contributed by atoms with Crippen LogP contribution in [0, 0.1) is 22.9 Å². The van der Waals surface area contributed by atoms with E-state index in [-0.39, 0.29) is 30.1 Å². The van der Waals surface area contributed by atoms with Gasteiger partial charge in [-0.05, 0) is 50.1 Å². The number of amides is 3. The van der Waals surface area contributed by atoms with E-state index in [1.807, 2.05) is 0 Å². The quantitative estimate of drug-likeness (QED) is 0.337. The van der Waals surface area contributed by atoms with E-state index in [0.717, 1.165) is 18.2 Å². The van der Waals surface area contributed by atoms with Crippen molar-refractivity contribution in [1.82, 2.24) is 4.98 Å². The average Bonchev–Trinajstić information content (AvgIpc) is 3.66. The highest BCUT2D eigenvalue weighted by Gasteiger charge is 2.56. The first-order chi connectivity index (χ1) is 17.6. The molecule has 0 radical (unpaired) electrons. The Morgan fingerprint density at radius 3 is 2.27 bits per heavy atom. The van der Waals surface area contributed by atoms with Crippen LogP contribution in [0.1, 0.15) is 19.8 Å². The Morgan fingerprint density at radius 1 is 0.946 bits per heavy atom. The van der Waals surface area contributed by atoms with Gasteiger partial charge in [0.1, 0.15) is 28.9 Å². The number of aromatic nitrogens is 1. The maximum atomic E-state index is 14.7. The fraction of sp³-hybridized carbons (Fsp3) is 0.200. The zero-order valence-electron chi connectivity index (χ0n) is 19.3. The minimum absolute atomic E-state index is 0.0142. The van der Waals surface area contributed by atoms with E-state index in [0.29, 0.717) is 6.07 Å². The van der Waals surface area contributed by atoms with Crippen LogP contribution in [0.15, 0.2) is 54.7 Å². The van der Waals surface area contributed by atoms with Crippen molar-refractivity contribution in [2.24, 2.45) is 5.41 Å². The normalized spacial score (nSPS) is 14.3. The minimum atomic E-state index is -1.46. The Balaban J connectivity index is 1.44. The maximum absolute atomic E-state index is 14.7. The van der Waals surface area contributed by atoms with Crippen LogP contribution in [-0.4, -0.2) is 33.9 Å². The number of hydrogen-bond donors (Lipinski definition) is 4. The highest BCUT2D eigenvalue weighted by molar-refractivity contribution is 6.16. The van der Waals surface area contributed by atoms with Crippen LogP contribution in [0.4, 0.5) is 30.4 Å². The number of ether oxygens (including phenoxy) is 1. The number of carbonyl (C=O) groups is 3. The van der Waals surface area contributed by atoms with Gasteiger partial charge in [0.15, 0.2) is 17.4 Å². The zero-order valence-corrected chi connectivity index (χ0v) is 19.3. The second kappa shape index (κ2) is 10.3. The van der Waals surface area contributed by atoms with Crippen molar-refractivity contribution in [2.75, 3.05) is 16.0 Å². The lowest BCUT2D eigenvalue weighted by molar-refractivity contribution is -0.131. The predicted molar refractivity (Wildman–Crippen MR) is 126 cm³/mol. The molecular formula is C25H21F3N4O5. The summed E-state index contributed by atoms with van der Waals surface area (Å²) in [4.78, 5) is 40.9. The molecule has 4 rings (SSSR count). The molecule has 1 aliphatic carbocycles. The van der Waals surface area contributed by atoms with E-state index < -0.39 is 58.1 Å². The molecule has 9 nitrogen and oxygen atoms in total. The van der Waals surface area contributed by atoms with E-state index in [1.165, 1.54) is 37.4 Å². The topological polar surface area (TPSA) is 130 Å². The molecule has 0 aliphatic heterocycles. The van der Waals surface area contributed by atoms with Gasteiger partial charge < -0.3 is 25.8 Å². The van der Waals surface area contributed by atoms with Gasteiger partial charge in [-0.25, -0.2) is 18.2 Å². The number of hydrogen-bond acceptors (Lipinski definition) is 6. The molecule has 1 aliphatic rings. The van der Waals surface area contributed by atoms with Crippen LogP contribution in [-0.2, 0) is 14.4 Å². The second-order valence-corrected chi connectivity index (χ2v) is 8.40. The standard InChI is InChI=1S/C25H21F3N4O5/c1-13(33)22(34)32-21-10-16(6-9-29-21)37-20-12-17(27)19(11-18(20)28)31-24(36)25(7-8-25)23(35)30-15-4-2-14(26)3-5-15/h2-6,9-13,33H,7-8H2,1H3,(H,30,35)(H,31,36)(H,29,32,34). The van der Waals surface area contributed by atoms with Gasteiger partial charge in [0, 0.05) is 30.1 Å². The lowest BCUT2D eigenvalue weighted by atomic mass is 10.0. The first-order valence-corrected chi connectivity index (χ1v) is 11.1. The summed E-state index contributed by atoms with van der Waals surface area (Å²) in [6, 6.07) is 8.98. The van der Waals surface area contributed by atoms with Crippen LogP contribution >= 0.6 is 0 Å². The lowest BCUT2D eigenvalue weighted by Crippen LogP contribution is -2.35. The number of pyridine rings is 1. The average molecular weight is 514 g/mol. The lowest BCUT2D eigenvalue weighted by Gasteiger charge is -2.16. The van der Waals surface area contributed by atoms with Gasteiger partial charge in [-0.1, -0.05) is 0 Å². The summed E-state index contributed by atoms with van der Waals surface area (Å²) >= 11 is 0. The summed E-state index contributed by atoms with van der Waals surface area (Å²) in [5, 5.41) is 16.4. The highest BCUT2D eigenvalue weighted by atomic mass is 19.1. The number of rotatable bonds is 8. The molecule has 1 unspecified atom stereocenters. The third-order valence-electron chi connectivity index (χ3n) is 5.58. The van der Waals surface area contributed by atoms with Gasteiger partial charge >= 0.3 is 0 Å². The fourth-order valence-corrected chi connectivity index (χ4v) is 3.31. The molecule has 1 aromatic heterocycles. The molecule has 1 heterocycles. The van der Waals surface area contributed by atoms with Gasteiger partial charge in [0.25, 0.3) is 5.91 Å². The van der Waals surface area contributed by atoms with E-state index in [9.17, 15) is 32.7 Å². The number of carbonyl (C=O) groups excluding carboxylic acids is 3. The fourth-order valence-electron chi connectivity index (χ4n) is 3.31. The molecule has 0 saturated heterocycles. The number of nitrogens with zero attached hydrogens (tertiary/aromatic N) is 1. The molecule has 4 N–H and O–H groups in total. The molecule has 192 valence electrons. The van der Waals surface area contributed by atoms with Gasteiger partial charge in [-0.3, -0.25) is 14.4 Å². The Kier molecular flexibility index (Phi) is 7.11. The molecule has 3 aromatic rings. The number of halogens is 3. The molecular weight excluding hydrogens is 493 g/mol. The summed E-state index contributed by atoms with van der Waals surface area (Å²) in [7, 11) is 0. The Bertz CT molecular complexity index is 1360. The smallest absolute Gasteiger partial charge is 0.254 e. The van der Waals surface area contributed by atoms with Crippen molar-refractivity contribution >= 4 is 34.9 Å². The third kappa shape index (κ3) is 5.86. The van der Waals surface area contributed by atoms with Gasteiger partial charge in [-0.15, -0.1) is 0 Å². The Morgan fingerprint density at radius 2 is 1.62 bits per heavy atom. The molecule has 1 saturated carbocycles. The Labute approximate surface area is 208 Å². The number of anilines is 3. The van der Waals surface area contributed by atoms with Crippen molar-refractivity contribution in [3.8, 4) is 11.5 Å². The molecule has 0 bridgehead atoms. The van der Waals surface area contributed by atoms with Gasteiger partial charge in [0.2, 0.25) is 11.8 Å².